The second-order valence-corrected chi connectivity index (χ2v) is 2.74. The van der Waals surface area contributed by atoms with Crippen LogP contribution >= 0.6 is 0 Å². The first-order valence-electron chi connectivity index (χ1n) is 4.24. The summed E-state index contributed by atoms with van der Waals surface area (Å²) in [6.07, 6.45) is 2.89. The first kappa shape index (κ1) is 10.8. The third-order valence-electron chi connectivity index (χ3n) is 1.74. The summed E-state index contributed by atoms with van der Waals surface area (Å²) >= 11 is 0. The van der Waals surface area contributed by atoms with Crippen molar-refractivity contribution in [2.75, 3.05) is 6.61 Å². The summed E-state index contributed by atoms with van der Waals surface area (Å²) in [5.74, 6) is 0.597. The van der Waals surface area contributed by atoms with Gasteiger partial charge in [0.25, 0.3) is 0 Å². The highest BCUT2D eigenvalue weighted by atomic mass is 16.5. The van der Waals surface area contributed by atoms with E-state index >= 15 is 0 Å². The van der Waals surface area contributed by atoms with Crippen LogP contribution in [0.5, 0.6) is 5.75 Å². The molecule has 0 unspecified atom stereocenters. The van der Waals surface area contributed by atoms with Crippen molar-refractivity contribution in [1.82, 2.24) is 0 Å². The van der Waals surface area contributed by atoms with Crippen molar-refractivity contribution in [2.45, 2.75) is 0 Å². The maximum atomic E-state index is 8.33. The molecule has 0 spiro atoms. The summed E-state index contributed by atoms with van der Waals surface area (Å²) in [5.41, 5.74) is 0. The van der Waals surface area contributed by atoms with E-state index < -0.39 is 0 Å². The van der Waals surface area contributed by atoms with Crippen molar-refractivity contribution in [3.63, 3.8) is 0 Å². The Balaban J connectivity index is 2.99. The third-order valence-corrected chi connectivity index (χ3v) is 1.74. The molecule has 0 saturated carbocycles. The Morgan fingerprint density at radius 3 is 3.00 bits per heavy atom. The Bertz CT molecular complexity index is 500. The van der Waals surface area contributed by atoms with Crippen LogP contribution in [0.1, 0.15) is 0 Å². The summed E-state index contributed by atoms with van der Waals surface area (Å²) in [5, 5.41) is 21.0. The van der Waals surface area contributed by atoms with E-state index in [0.29, 0.717) is 5.75 Å². The Hall–Kier alpha value is -2.28. The van der Waals surface area contributed by atoms with Crippen LogP contribution < -0.4 is 15.2 Å². The van der Waals surface area contributed by atoms with Gasteiger partial charge in [0.2, 0.25) is 0 Å². The SMILES string of the molecule is C=c1cc(OCC#N)cc/c1=C/C=N/O. The second kappa shape index (κ2) is 5.45. The number of hydrogen-bond acceptors (Lipinski definition) is 4. The largest absolute Gasteiger partial charge is 0.479 e. The number of nitriles is 1. The summed E-state index contributed by atoms with van der Waals surface area (Å²) in [4.78, 5) is 0. The Morgan fingerprint density at radius 1 is 1.60 bits per heavy atom. The topological polar surface area (TPSA) is 65.6 Å². The average Bonchev–Trinajstić information content (AvgIpc) is 2.25. The molecule has 0 atom stereocenters. The van der Waals surface area contributed by atoms with Gasteiger partial charge in [-0.3, -0.25) is 0 Å². The molecule has 4 heteroatoms. The van der Waals surface area contributed by atoms with E-state index in [9.17, 15) is 0 Å². The summed E-state index contributed by atoms with van der Waals surface area (Å²) in [7, 11) is 0. The van der Waals surface area contributed by atoms with Crippen LogP contribution in [-0.4, -0.2) is 18.0 Å². The van der Waals surface area contributed by atoms with Crippen LogP contribution in [-0.2, 0) is 0 Å². The molecule has 1 rings (SSSR count). The van der Waals surface area contributed by atoms with E-state index in [4.69, 9.17) is 15.2 Å². The summed E-state index contributed by atoms with van der Waals surface area (Å²) in [6, 6.07) is 7.10. The molecule has 0 bridgehead atoms. The number of hydrogen-bond donors (Lipinski definition) is 1. The standard InChI is InChI=1S/C11H10N2O2/c1-9-8-11(15-7-5-12)3-2-10(9)4-6-13-14/h2-4,6,8,14H,1,7H2/b10-4-,13-6+. The van der Waals surface area contributed by atoms with Gasteiger partial charge in [0, 0.05) is 0 Å². The van der Waals surface area contributed by atoms with Crippen molar-refractivity contribution in [3.05, 3.63) is 28.6 Å². The number of oxime groups is 1. The lowest BCUT2D eigenvalue weighted by Gasteiger charge is -1.99. The fraction of sp³-hybridized carbons (Fsp3) is 0.0909. The third kappa shape index (κ3) is 3.16. The molecule has 0 aliphatic rings. The number of benzene rings is 1. The molecule has 0 aliphatic heterocycles. The highest BCUT2D eigenvalue weighted by molar-refractivity contribution is 5.90. The maximum Gasteiger partial charge on any atom is 0.174 e. The predicted octanol–water partition coefficient (Wildman–Crippen LogP) is 0.240. The lowest BCUT2D eigenvalue weighted by molar-refractivity contribution is 0.322. The molecule has 0 saturated heterocycles. The minimum Gasteiger partial charge on any atom is -0.479 e. The summed E-state index contributed by atoms with van der Waals surface area (Å²) < 4.78 is 5.10. The van der Waals surface area contributed by atoms with Crippen LogP contribution in [0.4, 0.5) is 0 Å². The van der Waals surface area contributed by atoms with Gasteiger partial charge < -0.3 is 9.94 Å². The Labute approximate surface area is 87.0 Å². The maximum absolute atomic E-state index is 8.33. The first-order chi connectivity index (χ1) is 7.27. The van der Waals surface area contributed by atoms with Gasteiger partial charge in [0.15, 0.2) is 6.61 Å². The highest BCUT2D eigenvalue weighted by Crippen LogP contribution is 2.02. The van der Waals surface area contributed by atoms with Crippen LogP contribution in [0.25, 0.3) is 12.7 Å². The molecule has 1 aromatic rings. The van der Waals surface area contributed by atoms with E-state index in [1.165, 1.54) is 6.21 Å². The normalized spacial score (nSPS) is 11.5. The van der Waals surface area contributed by atoms with Crippen LogP contribution in [0.2, 0.25) is 0 Å². The molecular formula is C11H10N2O2. The van der Waals surface area contributed by atoms with Gasteiger partial charge in [-0.1, -0.05) is 17.8 Å². The Kier molecular flexibility index (Phi) is 3.92. The second-order valence-electron chi connectivity index (χ2n) is 2.74. The van der Waals surface area contributed by atoms with Crippen molar-refractivity contribution >= 4 is 18.9 Å². The molecule has 1 aromatic carbocycles. The highest BCUT2D eigenvalue weighted by Gasteiger charge is 1.91. The number of nitrogens with zero attached hydrogens (tertiary/aromatic N) is 2. The fourth-order valence-electron chi connectivity index (χ4n) is 1.06. The molecule has 1 N–H and O–H groups in total. The zero-order valence-corrected chi connectivity index (χ0v) is 8.05. The van der Waals surface area contributed by atoms with Crippen molar-refractivity contribution in [3.8, 4) is 11.8 Å². The smallest absolute Gasteiger partial charge is 0.174 e. The van der Waals surface area contributed by atoms with Crippen molar-refractivity contribution < 1.29 is 9.94 Å². The molecule has 4 nitrogen and oxygen atoms in total. The van der Waals surface area contributed by atoms with Crippen LogP contribution in [0.15, 0.2) is 23.4 Å². The van der Waals surface area contributed by atoms with Crippen LogP contribution in [0.3, 0.4) is 0 Å². The van der Waals surface area contributed by atoms with Gasteiger partial charge in [-0.25, -0.2) is 0 Å². The molecule has 0 aliphatic carbocycles. The Morgan fingerprint density at radius 2 is 2.40 bits per heavy atom. The molecule has 0 aromatic heterocycles. The number of ether oxygens (including phenoxy) is 1. The van der Waals surface area contributed by atoms with Gasteiger partial charge >= 0.3 is 0 Å². The van der Waals surface area contributed by atoms with E-state index in [0.717, 1.165) is 10.4 Å². The predicted molar refractivity (Wildman–Crippen MR) is 57.1 cm³/mol. The van der Waals surface area contributed by atoms with E-state index in [1.807, 2.05) is 6.07 Å². The molecular weight excluding hydrogens is 192 g/mol. The number of rotatable bonds is 3. The fourth-order valence-corrected chi connectivity index (χ4v) is 1.06. The molecule has 0 fully saturated rings. The lowest BCUT2D eigenvalue weighted by Crippen LogP contribution is -2.22. The zero-order valence-electron chi connectivity index (χ0n) is 8.05. The van der Waals surface area contributed by atoms with Gasteiger partial charge in [-0.15, -0.1) is 0 Å². The van der Waals surface area contributed by atoms with E-state index in [-0.39, 0.29) is 6.61 Å². The first-order valence-corrected chi connectivity index (χ1v) is 4.24. The van der Waals surface area contributed by atoms with Gasteiger partial charge in [-0.05, 0) is 28.6 Å². The lowest BCUT2D eigenvalue weighted by atomic mass is 10.2. The van der Waals surface area contributed by atoms with E-state index in [1.54, 1.807) is 24.3 Å². The zero-order chi connectivity index (χ0) is 11.1. The molecule has 76 valence electrons. The molecule has 0 amide bonds. The van der Waals surface area contributed by atoms with Crippen LogP contribution in [0, 0.1) is 11.3 Å². The van der Waals surface area contributed by atoms with Crippen molar-refractivity contribution in [1.29, 1.82) is 5.26 Å². The van der Waals surface area contributed by atoms with Gasteiger partial charge in [0.1, 0.15) is 11.8 Å². The molecule has 15 heavy (non-hydrogen) atoms. The summed E-state index contributed by atoms with van der Waals surface area (Å²) in [6.45, 7) is 3.82. The minimum atomic E-state index is 0.0145. The minimum absolute atomic E-state index is 0.0145. The quantitative estimate of drug-likeness (QED) is 0.434. The van der Waals surface area contributed by atoms with Gasteiger partial charge in [-0.2, -0.15) is 5.26 Å². The monoisotopic (exact) mass is 202 g/mol. The average molecular weight is 202 g/mol. The van der Waals surface area contributed by atoms with Crippen molar-refractivity contribution in [2.24, 2.45) is 5.16 Å². The van der Waals surface area contributed by atoms with Gasteiger partial charge in [0.05, 0.1) is 6.21 Å². The molecule has 0 heterocycles. The molecule has 0 radical (unpaired) electrons. The van der Waals surface area contributed by atoms with E-state index in [2.05, 4.69) is 11.7 Å².